The molecule has 1 unspecified atom stereocenters. The Hall–Kier alpha value is -5.06. The number of hydrogen-bond acceptors (Lipinski definition) is 10. The Labute approximate surface area is 345 Å². The second kappa shape index (κ2) is 17.3. The van der Waals surface area contributed by atoms with Gasteiger partial charge in [0.15, 0.2) is 0 Å². The van der Waals surface area contributed by atoms with Gasteiger partial charge in [-0.15, -0.1) is 0 Å². The van der Waals surface area contributed by atoms with Crippen molar-refractivity contribution in [2.45, 2.75) is 127 Å². The first kappa shape index (κ1) is 42.1. The smallest absolute Gasteiger partial charge is 0.272 e. The van der Waals surface area contributed by atoms with Crippen molar-refractivity contribution < 1.29 is 42.0 Å². The van der Waals surface area contributed by atoms with Gasteiger partial charge in [0.05, 0.1) is 36.6 Å². The van der Waals surface area contributed by atoms with Crippen LogP contribution < -0.4 is 29.6 Å². The molecule has 0 bridgehead atoms. The fourth-order valence-corrected chi connectivity index (χ4v) is 8.98. The Kier molecular flexibility index (Phi) is 12.3. The zero-order chi connectivity index (χ0) is 42.1. The summed E-state index contributed by atoms with van der Waals surface area (Å²) in [5.41, 5.74) is 0.0634. The van der Waals surface area contributed by atoms with Crippen LogP contribution >= 0.6 is 0 Å². The maximum absolute atomic E-state index is 14.8. The molecule has 1 aromatic carbocycles. The van der Waals surface area contributed by atoms with E-state index in [1.807, 2.05) is 52.0 Å². The van der Waals surface area contributed by atoms with Crippen molar-refractivity contribution in [1.82, 2.24) is 35.0 Å². The summed E-state index contributed by atoms with van der Waals surface area (Å²) in [6, 6.07) is 4.69. The highest BCUT2D eigenvalue weighted by Gasteiger charge is 2.62. The van der Waals surface area contributed by atoms with Gasteiger partial charge in [0.1, 0.15) is 58.6 Å². The Morgan fingerprint density at radius 2 is 1.93 bits per heavy atom. The van der Waals surface area contributed by atoms with Crippen molar-refractivity contribution in [2.24, 2.45) is 5.92 Å². The van der Waals surface area contributed by atoms with Crippen molar-refractivity contribution in [3.8, 4) is 17.4 Å². The molecule has 2 aromatic heterocycles. The number of carbonyl (C=O) groups is 4. The fourth-order valence-electron chi connectivity index (χ4n) is 7.91. The first-order chi connectivity index (χ1) is 28.2. The molecule has 0 spiro atoms. The summed E-state index contributed by atoms with van der Waals surface area (Å²) >= 11 is 0. The monoisotopic (exact) mass is 835 g/mol. The van der Waals surface area contributed by atoms with E-state index in [1.165, 1.54) is 21.8 Å². The second-order valence-electron chi connectivity index (χ2n) is 16.6. The molecule has 6 atom stereocenters. The van der Waals surface area contributed by atoms with Crippen LogP contribution in [0.25, 0.3) is 10.9 Å². The summed E-state index contributed by atoms with van der Waals surface area (Å²) in [6.45, 7) is 6.83. The SMILES string of the molecule is COc1ccc2c(O[C@@H]3C[C@H]4C(=O)N[C@]5(C(=O)NS(=O)C6(C)CC6)C[C@H]5/C=C\CCCCC[C@H](NC(=O)c5ccn(CCF)n5)C(=O)N4C3)cc(OC(C)C)nc2c1C. The summed E-state index contributed by atoms with van der Waals surface area (Å²) in [6.07, 6.45) is 9.56. The lowest BCUT2D eigenvalue weighted by atomic mass is 10.0. The van der Waals surface area contributed by atoms with E-state index in [-0.39, 0.29) is 37.2 Å². The van der Waals surface area contributed by atoms with E-state index in [0.29, 0.717) is 47.5 Å². The molecule has 7 rings (SSSR count). The number of amides is 4. The molecule has 0 radical (unpaired) electrons. The standard InChI is InChI=1S/C42H54FN7O8S/c1-25(2)57-35-22-34(29-13-14-33(56-5)26(3)36(29)45-35)58-28-21-32-38(52)46-42(40(54)48-59(55)41(4)16-17-41)23-27(42)11-9-7-6-8-10-12-31(39(53)50(32)24-28)44-37(51)30-15-19-49(47-30)20-18-43/h9,11,13-15,19,22,25,27-28,31-32H,6-8,10,12,16-18,20-21,23-24H2,1-5H3,(H,44,51)(H,46,52)(H,48,54)/b11-9-/t27-,28-,31+,32+,42-,59?/m1/s1. The number of aromatic nitrogens is 3. The van der Waals surface area contributed by atoms with Crippen molar-refractivity contribution in [3.05, 3.63) is 53.9 Å². The lowest BCUT2D eigenvalue weighted by molar-refractivity contribution is -0.141. The highest BCUT2D eigenvalue weighted by atomic mass is 32.2. The van der Waals surface area contributed by atoms with Crippen LogP contribution in [0.3, 0.4) is 0 Å². The third kappa shape index (κ3) is 9.09. The molecule has 318 valence electrons. The molecule has 2 aliphatic heterocycles. The number of nitrogens with one attached hydrogen (secondary N) is 3. The molecule has 3 aromatic rings. The molecule has 3 N–H and O–H groups in total. The van der Waals surface area contributed by atoms with E-state index < -0.39 is 69.8 Å². The molecular weight excluding hydrogens is 782 g/mol. The van der Waals surface area contributed by atoms with Gasteiger partial charge in [0.25, 0.3) is 11.8 Å². The van der Waals surface area contributed by atoms with Crippen LogP contribution in [0.5, 0.6) is 17.4 Å². The van der Waals surface area contributed by atoms with Gasteiger partial charge in [-0.25, -0.2) is 13.6 Å². The second-order valence-corrected chi connectivity index (χ2v) is 18.3. The van der Waals surface area contributed by atoms with Crippen LogP contribution in [0.1, 0.15) is 94.6 Å². The van der Waals surface area contributed by atoms with Gasteiger partial charge in [-0.05, 0) is 84.4 Å². The molecule has 3 fully saturated rings. The number of nitrogens with zero attached hydrogens (tertiary/aromatic N) is 4. The average Bonchev–Trinajstić information content (AvgIpc) is 3.98. The van der Waals surface area contributed by atoms with Crippen molar-refractivity contribution in [2.75, 3.05) is 20.3 Å². The molecule has 15 nitrogen and oxygen atoms in total. The van der Waals surface area contributed by atoms with Gasteiger partial charge in [-0.1, -0.05) is 25.0 Å². The van der Waals surface area contributed by atoms with Gasteiger partial charge in [0, 0.05) is 35.6 Å². The van der Waals surface area contributed by atoms with Crippen LogP contribution in [0.15, 0.2) is 42.6 Å². The number of alkyl halides is 1. The molecule has 4 aliphatic rings. The molecule has 2 saturated carbocycles. The molecule has 59 heavy (non-hydrogen) atoms. The van der Waals surface area contributed by atoms with E-state index in [4.69, 9.17) is 19.2 Å². The van der Waals surface area contributed by atoms with Gasteiger partial charge >= 0.3 is 0 Å². The van der Waals surface area contributed by atoms with Crippen LogP contribution in [0.4, 0.5) is 4.39 Å². The number of rotatable bonds is 12. The van der Waals surface area contributed by atoms with Crippen LogP contribution in [0, 0.1) is 12.8 Å². The summed E-state index contributed by atoms with van der Waals surface area (Å²) in [5, 5.41) is 10.7. The topological polar surface area (TPSA) is 183 Å². The van der Waals surface area contributed by atoms with E-state index in [2.05, 4.69) is 20.5 Å². The molecule has 4 heterocycles. The van der Waals surface area contributed by atoms with Crippen LogP contribution in [-0.2, 0) is 31.9 Å². The average molecular weight is 836 g/mol. The summed E-state index contributed by atoms with van der Waals surface area (Å²) in [7, 11) is -0.0547. The molecule has 2 aliphatic carbocycles. The van der Waals surface area contributed by atoms with Gasteiger partial charge < -0.3 is 29.7 Å². The third-order valence-corrected chi connectivity index (χ3v) is 13.4. The number of hydrogen-bond donors (Lipinski definition) is 3. The Morgan fingerprint density at radius 1 is 1.14 bits per heavy atom. The lowest BCUT2D eigenvalue weighted by Gasteiger charge is -2.30. The Balaban J connectivity index is 1.22. The van der Waals surface area contributed by atoms with Crippen molar-refractivity contribution in [3.63, 3.8) is 0 Å². The Bertz CT molecular complexity index is 2160. The normalized spacial score (nSPS) is 26.4. The number of aryl methyl sites for hydroxylation is 2. The maximum atomic E-state index is 14.8. The minimum atomic E-state index is -1.64. The number of benzene rings is 1. The highest BCUT2D eigenvalue weighted by molar-refractivity contribution is 7.85. The van der Waals surface area contributed by atoms with Gasteiger partial charge in [-0.2, -0.15) is 5.10 Å². The fraction of sp³-hybridized carbons (Fsp3) is 0.571. The van der Waals surface area contributed by atoms with E-state index in [1.54, 1.807) is 13.2 Å². The predicted octanol–water partition coefficient (Wildman–Crippen LogP) is 4.38. The van der Waals surface area contributed by atoms with Crippen LogP contribution in [-0.4, -0.2) is 102 Å². The molecule has 4 amide bonds. The van der Waals surface area contributed by atoms with E-state index in [0.717, 1.165) is 37.7 Å². The van der Waals surface area contributed by atoms with E-state index >= 15 is 0 Å². The molecule has 17 heteroatoms. The van der Waals surface area contributed by atoms with Gasteiger partial charge in [0.2, 0.25) is 17.7 Å². The van der Waals surface area contributed by atoms with Crippen LogP contribution in [0.2, 0.25) is 0 Å². The first-order valence-electron chi connectivity index (χ1n) is 20.5. The number of halogens is 1. The van der Waals surface area contributed by atoms with Crippen molar-refractivity contribution in [1.29, 1.82) is 0 Å². The minimum Gasteiger partial charge on any atom is -0.496 e. The summed E-state index contributed by atoms with van der Waals surface area (Å²) in [5.74, 6) is -1.11. The third-order valence-electron chi connectivity index (χ3n) is 11.7. The number of methoxy groups -OCH3 is 1. The quantitative estimate of drug-likeness (QED) is 0.222. The van der Waals surface area contributed by atoms with Crippen molar-refractivity contribution >= 4 is 45.5 Å². The number of ether oxygens (including phenoxy) is 3. The maximum Gasteiger partial charge on any atom is 0.272 e. The molecule has 1 saturated heterocycles. The minimum absolute atomic E-state index is 0.0152. The first-order valence-corrected chi connectivity index (χ1v) is 21.6. The zero-order valence-electron chi connectivity index (χ0n) is 34.3. The number of fused-ring (bicyclic) bond motifs is 3. The largest absolute Gasteiger partial charge is 0.496 e. The summed E-state index contributed by atoms with van der Waals surface area (Å²) in [4.78, 5) is 63.1. The molecular formula is C42H54FN7O8S. The highest BCUT2D eigenvalue weighted by Crippen LogP contribution is 2.47. The predicted molar refractivity (Wildman–Crippen MR) is 218 cm³/mol. The summed E-state index contributed by atoms with van der Waals surface area (Å²) < 4.78 is 48.0. The number of allylic oxidation sites excluding steroid dienone is 1. The zero-order valence-corrected chi connectivity index (χ0v) is 35.1. The number of pyridine rings is 1. The number of carbonyl (C=O) groups excluding carboxylic acids is 4. The van der Waals surface area contributed by atoms with E-state index in [9.17, 15) is 27.8 Å². The van der Waals surface area contributed by atoms with Gasteiger partial charge in [-0.3, -0.25) is 28.6 Å². The Morgan fingerprint density at radius 3 is 2.66 bits per heavy atom. The lowest BCUT2D eigenvalue weighted by Crippen LogP contribution is -2.58.